The van der Waals surface area contributed by atoms with Gasteiger partial charge in [0.2, 0.25) is 0 Å². The Bertz CT molecular complexity index is 593. The number of aryl methyl sites for hydroxylation is 2. The monoisotopic (exact) mass is 288 g/mol. The molecular formula is C16H20N2O3. The molecule has 0 fully saturated rings. The van der Waals surface area contributed by atoms with Crippen molar-refractivity contribution in [3.8, 4) is 5.75 Å². The normalized spacial score (nSPS) is 10.4. The van der Waals surface area contributed by atoms with Gasteiger partial charge in [0.1, 0.15) is 11.5 Å². The molecule has 2 rings (SSSR count). The van der Waals surface area contributed by atoms with Gasteiger partial charge in [-0.05, 0) is 32.4 Å². The van der Waals surface area contributed by atoms with E-state index in [9.17, 15) is 4.79 Å². The standard InChI is InChI=1S/C16H20N2O3/c1-3-20-15-9-5-4-8-14(15)16(19)17-10-6-7-13-11-12(2)18-21-13/h4-5,8-9,11H,3,6-7,10H2,1-2H3,(H,17,19). The fourth-order valence-electron chi connectivity index (χ4n) is 2.03. The smallest absolute Gasteiger partial charge is 0.255 e. The zero-order valence-electron chi connectivity index (χ0n) is 12.4. The lowest BCUT2D eigenvalue weighted by Gasteiger charge is -2.10. The Morgan fingerprint density at radius 2 is 2.19 bits per heavy atom. The minimum Gasteiger partial charge on any atom is -0.493 e. The van der Waals surface area contributed by atoms with Gasteiger partial charge in [-0.25, -0.2) is 0 Å². The van der Waals surface area contributed by atoms with E-state index in [2.05, 4.69) is 10.5 Å². The Kier molecular flexibility index (Phi) is 5.37. The largest absolute Gasteiger partial charge is 0.493 e. The molecule has 21 heavy (non-hydrogen) atoms. The fraction of sp³-hybridized carbons (Fsp3) is 0.375. The molecule has 1 amide bonds. The number of para-hydroxylation sites is 1. The molecule has 0 atom stereocenters. The Morgan fingerprint density at radius 1 is 1.38 bits per heavy atom. The van der Waals surface area contributed by atoms with E-state index in [0.717, 1.165) is 24.3 Å². The number of carbonyl (C=O) groups excluding carboxylic acids is 1. The second kappa shape index (κ2) is 7.47. The average Bonchev–Trinajstić information content (AvgIpc) is 2.90. The first-order chi connectivity index (χ1) is 10.2. The van der Waals surface area contributed by atoms with Crippen LogP contribution in [0, 0.1) is 6.92 Å². The molecule has 0 aliphatic rings. The highest BCUT2D eigenvalue weighted by Gasteiger charge is 2.11. The van der Waals surface area contributed by atoms with Crippen LogP contribution >= 0.6 is 0 Å². The van der Waals surface area contributed by atoms with Crippen LogP contribution < -0.4 is 10.1 Å². The maximum absolute atomic E-state index is 12.1. The summed E-state index contributed by atoms with van der Waals surface area (Å²) >= 11 is 0. The van der Waals surface area contributed by atoms with Crippen molar-refractivity contribution in [1.29, 1.82) is 0 Å². The third-order valence-electron chi connectivity index (χ3n) is 2.99. The second-order valence-electron chi connectivity index (χ2n) is 4.72. The molecule has 112 valence electrons. The summed E-state index contributed by atoms with van der Waals surface area (Å²) in [5.41, 5.74) is 1.44. The van der Waals surface area contributed by atoms with Crippen LogP contribution in [0.4, 0.5) is 0 Å². The van der Waals surface area contributed by atoms with Crippen molar-refractivity contribution in [2.75, 3.05) is 13.2 Å². The van der Waals surface area contributed by atoms with Gasteiger partial charge in [0.05, 0.1) is 17.9 Å². The summed E-state index contributed by atoms with van der Waals surface area (Å²) in [7, 11) is 0. The Balaban J connectivity index is 1.82. The molecule has 0 spiro atoms. The Morgan fingerprint density at radius 3 is 2.90 bits per heavy atom. The number of rotatable bonds is 7. The van der Waals surface area contributed by atoms with E-state index < -0.39 is 0 Å². The number of ether oxygens (including phenoxy) is 1. The fourth-order valence-corrected chi connectivity index (χ4v) is 2.03. The van der Waals surface area contributed by atoms with Gasteiger partial charge in [-0.1, -0.05) is 17.3 Å². The summed E-state index contributed by atoms with van der Waals surface area (Å²) in [6, 6.07) is 9.16. The minimum absolute atomic E-state index is 0.118. The van der Waals surface area contributed by atoms with Gasteiger partial charge >= 0.3 is 0 Å². The number of aromatic nitrogens is 1. The van der Waals surface area contributed by atoms with Gasteiger partial charge < -0.3 is 14.6 Å². The number of nitrogens with one attached hydrogen (secondary N) is 1. The average molecular weight is 288 g/mol. The van der Waals surface area contributed by atoms with Crippen molar-refractivity contribution in [1.82, 2.24) is 10.5 Å². The summed E-state index contributed by atoms with van der Waals surface area (Å²) in [4.78, 5) is 12.1. The summed E-state index contributed by atoms with van der Waals surface area (Å²) < 4.78 is 10.6. The number of hydrogen-bond donors (Lipinski definition) is 1. The summed E-state index contributed by atoms with van der Waals surface area (Å²) in [5, 5.41) is 6.73. The van der Waals surface area contributed by atoms with Crippen LogP contribution in [-0.4, -0.2) is 24.2 Å². The van der Waals surface area contributed by atoms with Crippen LogP contribution in [0.2, 0.25) is 0 Å². The van der Waals surface area contributed by atoms with E-state index in [1.54, 1.807) is 12.1 Å². The highest BCUT2D eigenvalue weighted by Crippen LogP contribution is 2.17. The zero-order valence-corrected chi connectivity index (χ0v) is 12.4. The van der Waals surface area contributed by atoms with Gasteiger partial charge in [-0.15, -0.1) is 0 Å². The van der Waals surface area contributed by atoms with Crippen molar-refractivity contribution in [3.05, 3.63) is 47.3 Å². The first-order valence-corrected chi connectivity index (χ1v) is 7.13. The number of nitrogens with zero attached hydrogens (tertiary/aromatic N) is 1. The molecule has 0 saturated carbocycles. The molecule has 0 bridgehead atoms. The van der Waals surface area contributed by atoms with E-state index in [1.165, 1.54) is 0 Å². The lowest BCUT2D eigenvalue weighted by molar-refractivity contribution is 0.0949. The first-order valence-electron chi connectivity index (χ1n) is 7.13. The van der Waals surface area contributed by atoms with Gasteiger partial charge in [0, 0.05) is 19.0 Å². The number of amides is 1. The van der Waals surface area contributed by atoms with E-state index in [1.807, 2.05) is 32.0 Å². The molecule has 1 N–H and O–H groups in total. The SMILES string of the molecule is CCOc1ccccc1C(=O)NCCCc1cc(C)no1. The van der Waals surface area contributed by atoms with Crippen LogP contribution in [0.15, 0.2) is 34.9 Å². The third-order valence-corrected chi connectivity index (χ3v) is 2.99. The van der Waals surface area contributed by atoms with E-state index in [0.29, 0.717) is 24.5 Å². The van der Waals surface area contributed by atoms with Crippen LogP contribution in [0.5, 0.6) is 5.75 Å². The molecule has 0 aliphatic carbocycles. The molecule has 0 unspecified atom stereocenters. The highest BCUT2D eigenvalue weighted by atomic mass is 16.5. The van der Waals surface area contributed by atoms with E-state index >= 15 is 0 Å². The van der Waals surface area contributed by atoms with Gasteiger partial charge in [-0.3, -0.25) is 4.79 Å². The number of hydrogen-bond acceptors (Lipinski definition) is 4. The van der Waals surface area contributed by atoms with E-state index in [4.69, 9.17) is 9.26 Å². The molecule has 0 aliphatic heterocycles. The Hall–Kier alpha value is -2.30. The van der Waals surface area contributed by atoms with Crippen molar-refractivity contribution in [2.24, 2.45) is 0 Å². The molecule has 1 aromatic heterocycles. The van der Waals surface area contributed by atoms with Crippen LogP contribution in [0.1, 0.15) is 35.2 Å². The van der Waals surface area contributed by atoms with Crippen LogP contribution in [0.25, 0.3) is 0 Å². The lowest BCUT2D eigenvalue weighted by atomic mass is 10.2. The molecule has 5 nitrogen and oxygen atoms in total. The molecule has 5 heteroatoms. The number of carbonyl (C=O) groups is 1. The van der Waals surface area contributed by atoms with Gasteiger partial charge in [0.25, 0.3) is 5.91 Å². The third kappa shape index (κ3) is 4.34. The summed E-state index contributed by atoms with van der Waals surface area (Å²) in [6.45, 7) is 4.90. The first kappa shape index (κ1) is 15.1. The van der Waals surface area contributed by atoms with Gasteiger partial charge in [0.15, 0.2) is 0 Å². The maximum atomic E-state index is 12.1. The Labute approximate surface area is 124 Å². The molecule has 1 heterocycles. The van der Waals surface area contributed by atoms with Crippen LogP contribution in [-0.2, 0) is 6.42 Å². The summed E-state index contributed by atoms with van der Waals surface area (Å²) in [5.74, 6) is 1.34. The summed E-state index contributed by atoms with van der Waals surface area (Å²) in [6.07, 6.45) is 1.56. The van der Waals surface area contributed by atoms with Crippen molar-refractivity contribution < 1.29 is 14.1 Å². The molecule has 0 saturated heterocycles. The molecule has 2 aromatic rings. The lowest BCUT2D eigenvalue weighted by Crippen LogP contribution is -2.25. The highest BCUT2D eigenvalue weighted by molar-refractivity contribution is 5.96. The molecule has 1 aromatic carbocycles. The molecular weight excluding hydrogens is 268 g/mol. The van der Waals surface area contributed by atoms with E-state index in [-0.39, 0.29) is 5.91 Å². The second-order valence-corrected chi connectivity index (χ2v) is 4.72. The number of benzene rings is 1. The topological polar surface area (TPSA) is 64.4 Å². The van der Waals surface area contributed by atoms with Crippen LogP contribution in [0.3, 0.4) is 0 Å². The minimum atomic E-state index is -0.118. The zero-order chi connectivity index (χ0) is 15.1. The van der Waals surface area contributed by atoms with Gasteiger partial charge in [-0.2, -0.15) is 0 Å². The van der Waals surface area contributed by atoms with Crippen molar-refractivity contribution >= 4 is 5.91 Å². The molecule has 0 radical (unpaired) electrons. The van der Waals surface area contributed by atoms with Crippen molar-refractivity contribution in [3.63, 3.8) is 0 Å². The predicted molar refractivity (Wildman–Crippen MR) is 79.5 cm³/mol. The predicted octanol–water partition coefficient (Wildman–Crippen LogP) is 2.74. The van der Waals surface area contributed by atoms with Crippen molar-refractivity contribution in [2.45, 2.75) is 26.7 Å². The maximum Gasteiger partial charge on any atom is 0.255 e. The quantitative estimate of drug-likeness (QED) is 0.796.